The van der Waals surface area contributed by atoms with Crippen LogP contribution in [0.4, 0.5) is 5.13 Å². The molecule has 3 N–H and O–H groups in total. The van der Waals surface area contributed by atoms with Gasteiger partial charge in [0.2, 0.25) is 5.91 Å². The van der Waals surface area contributed by atoms with Gasteiger partial charge in [-0.25, -0.2) is 4.98 Å². The molecule has 2 unspecified atom stereocenters. The fourth-order valence-corrected chi connectivity index (χ4v) is 2.79. The molecule has 6 nitrogen and oxygen atoms in total. The lowest BCUT2D eigenvalue weighted by Gasteiger charge is -2.16. The molecule has 2 rings (SSSR count). The molecule has 0 saturated heterocycles. The van der Waals surface area contributed by atoms with Crippen LogP contribution in [-0.2, 0) is 9.59 Å². The van der Waals surface area contributed by atoms with Crippen molar-refractivity contribution >= 4 is 28.3 Å². The SMILES string of the molecule is CC(NC(=O)C(O)c1ccccc1)C(=O)Nc1ncc(C(C)C)s1. The summed E-state index contributed by atoms with van der Waals surface area (Å²) >= 11 is 1.40. The first-order chi connectivity index (χ1) is 11.4. The van der Waals surface area contributed by atoms with E-state index >= 15 is 0 Å². The van der Waals surface area contributed by atoms with Gasteiger partial charge in [0.1, 0.15) is 6.04 Å². The normalized spacial score (nSPS) is 13.4. The largest absolute Gasteiger partial charge is 0.378 e. The van der Waals surface area contributed by atoms with E-state index in [0.29, 0.717) is 16.6 Å². The zero-order chi connectivity index (χ0) is 17.7. The van der Waals surface area contributed by atoms with Crippen molar-refractivity contribution in [3.63, 3.8) is 0 Å². The topological polar surface area (TPSA) is 91.3 Å². The molecule has 0 fully saturated rings. The van der Waals surface area contributed by atoms with Gasteiger partial charge in [0.25, 0.3) is 5.91 Å². The van der Waals surface area contributed by atoms with E-state index < -0.39 is 18.1 Å². The van der Waals surface area contributed by atoms with Crippen LogP contribution < -0.4 is 10.6 Å². The highest BCUT2D eigenvalue weighted by Crippen LogP contribution is 2.25. The number of nitrogens with one attached hydrogen (secondary N) is 2. The summed E-state index contributed by atoms with van der Waals surface area (Å²) in [6, 6.07) is 7.77. The standard InChI is InChI=1S/C17H21N3O3S/c1-10(2)13-9-18-17(24-13)20-15(22)11(3)19-16(23)14(21)12-7-5-4-6-8-12/h4-11,14,21H,1-3H3,(H,19,23)(H,18,20,22). The highest BCUT2D eigenvalue weighted by molar-refractivity contribution is 7.15. The van der Waals surface area contributed by atoms with Crippen molar-refractivity contribution in [1.29, 1.82) is 0 Å². The summed E-state index contributed by atoms with van der Waals surface area (Å²) in [7, 11) is 0. The third kappa shape index (κ3) is 4.62. The first-order valence-corrected chi connectivity index (χ1v) is 8.50. The Morgan fingerprint density at radius 3 is 2.38 bits per heavy atom. The van der Waals surface area contributed by atoms with Crippen LogP contribution in [0.2, 0.25) is 0 Å². The third-order valence-corrected chi connectivity index (χ3v) is 4.65. The van der Waals surface area contributed by atoms with Gasteiger partial charge >= 0.3 is 0 Å². The van der Waals surface area contributed by atoms with Gasteiger partial charge in [0, 0.05) is 11.1 Å². The van der Waals surface area contributed by atoms with E-state index in [1.165, 1.54) is 11.3 Å². The number of amides is 2. The lowest BCUT2D eigenvalue weighted by molar-refractivity contribution is -0.132. The minimum Gasteiger partial charge on any atom is -0.378 e. The number of aliphatic hydroxyl groups excluding tert-OH is 1. The van der Waals surface area contributed by atoms with Crippen LogP contribution in [0.1, 0.15) is 43.2 Å². The van der Waals surface area contributed by atoms with Crippen molar-refractivity contribution < 1.29 is 14.7 Å². The van der Waals surface area contributed by atoms with E-state index in [1.807, 2.05) is 13.8 Å². The number of carbonyl (C=O) groups excluding carboxylic acids is 2. The Balaban J connectivity index is 1.92. The molecular formula is C17H21N3O3S. The molecule has 0 bridgehead atoms. The van der Waals surface area contributed by atoms with E-state index in [1.54, 1.807) is 43.5 Å². The fraction of sp³-hybridized carbons (Fsp3) is 0.353. The van der Waals surface area contributed by atoms with Crippen molar-refractivity contribution in [3.8, 4) is 0 Å². The van der Waals surface area contributed by atoms with Gasteiger partial charge < -0.3 is 15.7 Å². The summed E-state index contributed by atoms with van der Waals surface area (Å²) in [6.45, 7) is 5.65. The number of benzene rings is 1. The Labute approximate surface area is 144 Å². The van der Waals surface area contributed by atoms with Gasteiger partial charge in [-0.2, -0.15) is 0 Å². The number of hydrogen-bond acceptors (Lipinski definition) is 5. The third-order valence-electron chi connectivity index (χ3n) is 3.44. The molecule has 2 aromatic rings. The lowest BCUT2D eigenvalue weighted by Crippen LogP contribution is -2.43. The molecule has 1 aromatic heterocycles. The number of rotatable bonds is 6. The van der Waals surface area contributed by atoms with E-state index in [2.05, 4.69) is 15.6 Å². The molecule has 0 spiro atoms. The minimum atomic E-state index is -1.31. The second-order valence-corrected chi connectivity index (χ2v) is 6.82. The van der Waals surface area contributed by atoms with E-state index in [9.17, 15) is 14.7 Å². The average molecular weight is 347 g/mol. The number of aliphatic hydroxyl groups is 1. The van der Waals surface area contributed by atoms with Crippen LogP contribution in [-0.4, -0.2) is 27.9 Å². The fourth-order valence-electron chi connectivity index (χ4n) is 1.97. The van der Waals surface area contributed by atoms with Crippen molar-refractivity contribution in [2.45, 2.75) is 38.8 Å². The summed E-state index contributed by atoms with van der Waals surface area (Å²) in [6.07, 6.45) is 0.418. The molecule has 1 aromatic carbocycles. The monoisotopic (exact) mass is 347 g/mol. The molecule has 0 radical (unpaired) electrons. The van der Waals surface area contributed by atoms with Crippen molar-refractivity contribution in [2.75, 3.05) is 5.32 Å². The molecule has 0 saturated carbocycles. The maximum absolute atomic E-state index is 12.1. The lowest BCUT2D eigenvalue weighted by atomic mass is 10.1. The Hall–Kier alpha value is -2.25. The molecule has 1 heterocycles. The maximum atomic E-state index is 12.1. The predicted molar refractivity (Wildman–Crippen MR) is 93.8 cm³/mol. The van der Waals surface area contributed by atoms with Crippen LogP contribution >= 0.6 is 11.3 Å². The molecule has 128 valence electrons. The smallest absolute Gasteiger partial charge is 0.254 e. The Kier molecular flexibility index (Phi) is 6.05. The number of carbonyl (C=O) groups is 2. The van der Waals surface area contributed by atoms with Crippen molar-refractivity contribution in [2.24, 2.45) is 0 Å². The van der Waals surface area contributed by atoms with Crippen molar-refractivity contribution in [3.05, 3.63) is 47.0 Å². The number of aromatic nitrogens is 1. The summed E-state index contributed by atoms with van der Waals surface area (Å²) < 4.78 is 0. The molecule has 2 amide bonds. The average Bonchev–Trinajstić information content (AvgIpc) is 3.03. The predicted octanol–water partition coefficient (Wildman–Crippen LogP) is 2.44. The van der Waals surface area contributed by atoms with Gasteiger partial charge in [-0.3, -0.25) is 9.59 Å². The molecule has 7 heteroatoms. The first-order valence-electron chi connectivity index (χ1n) is 7.68. The van der Waals surface area contributed by atoms with Gasteiger partial charge in [-0.1, -0.05) is 44.2 Å². The van der Waals surface area contributed by atoms with Crippen LogP contribution in [0.3, 0.4) is 0 Å². The molecular weight excluding hydrogens is 326 g/mol. The van der Waals surface area contributed by atoms with Crippen LogP contribution in [0.5, 0.6) is 0 Å². The minimum absolute atomic E-state index is 0.339. The second kappa shape index (κ2) is 8.03. The molecule has 24 heavy (non-hydrogen) atoms. The van der Waals surface area contributed by atoms with Crippen LogP contribution in [0.15, 0.2) is 36.5 Å². The Bertz CT molecular complexity index is 700. The van der Waals surface area contributed by atoms with E-state index in [-0.39, 0.29) is 5.91 Å². The number of nitrogens with zero attached hydrogens (tertiary/aromatic N) is 1. The summed E-state index contributed by atoms with van der Waals surface area (Å²) in [4.78, 5) is 29.4. The quantitative estimate of drug-likeness (QED) is 0.748. The Morgan fingerprint density at radius 2 is 1.79 bits per heavy atom. The molecule has 0 aliphatic rings. The van der Waals surface area contributed by atoms with E-state index in [0.717, 1.165) is 4.88 Å². The number of thiazole rings is 1. The summed E-state index contributed by atoms with van der Waals surface area (Å²) in [5.41, 5.74) is 0.476. The number of anilines is 1. The highest BCUT2D eigenvalue weighted by atomic mass is 32.1. The molecule has 0 aliphatic heterocycles. The second-order valence-electron chi connectivity index (χ2n) is 5.76. The summed E-state index contributed by atoms with van der Waals surface area (Å²) in [5.74, 6) is -0.662. The van der Waals surface area contributed by atoms with Gasteiger partial charge in [0.05, 0.1) is 0 Å². The van der Waals surface area contributed by atoms with E-state index in [4.69, 9.17) is 0 Å². The van der Waals surface area contributed by atoms with Gasteiger partial charge in [-0.15, -0.1) is 11.3 Å². The highest BCUT2D eigenvalue weighted by Gasteiger charge is 2.22. The zero-order valence-corrected chi connectivity index (χ0v) is 14.6. The Morgan fingerprint density at radius 1 is 1.12 bits per heavy atom. The van der Waals surface area contributed by atoms with Crippen LogP contribution in [0.25, 0.3) is 0 Å². The number of hydrogen-bond donors (Lipinski definition) is 3. The maximum Gasteiger partial charge on any atom is 0.254 e. The van der Waals surface area contributed by atoms with Gasteiger partial charge in [0.15, 0.2) is 11.2 Å². The first kappa shape index (κ1) is 18.1. The summed E-state index contributed by atoms with van der Waals surface area (Å²) in [5, 5.41) is 15.7. The van der Waals surface area contributed by atoms with Crippen molar-refractivity contribution in [1.82, 2.24) is 10.3 Å². The zero-order valence-electron chi connectivity index (χ0n) is 13.8. The van der Waals surface area contributed by atoms with Crippen LogP contribution in [0, 0.1) is 0 Å². The molecule has 2 atom stereocenters. The molecule has 0 aliphatic carbocycles. The van der Waals surface area contributed by atoms with Gasteiger partial charge in [-0.05, 0) is 18.4 Å².